The highest BCUT2D eigenvalue weighted by molar-refractivity contribution is 7.89. The molecule has 8 aromatic carbocycles. The number of amides is 7. The van der Waals surface area contributed by atoms with Crippen LogP contribution in [0.3, 0.4) is 0 Å². The van der Waals surface area contributed by atoms with E-state index in [0.29, 0.717) is 71.7 Å². The minimum atomic E-state index is -3.35. The second-order valence-corrected chi connectivity index (χ2v) is 35.3. The molecule has 26 heteroatoms. The Labute approximate surface area is 683 Å². The standard InChI is InChI=1S/C25H30F3NO3S.C23H23F2N3O2.C22H22FN3O.C22H25FN2O3/c1-24(2)13-18-12-19(25(3,27)28)8-9-20(18)22(14-24)29-23(30)10-6-16-5-7-17(21(26)11-16)15-33(4,31)32;1-14-6-7-17-20(10-23(12-24,13-25)30-21(17)8-14)28-22(29)27-19-5-3-4-16-11-26-15(2)9-18(16)19;1-14-11-19-17(13-24-14)8-10-20(23)21(19)26-22(27)25-18-9-7-16(12-18)15-5-3-2-4-6-15;1-22(2)12-19(16-9-7-14(23)10-20(16)28-22)25-21(27)24-18-5-3-4-13-6-8-15(26)11-17(13)18/h5,7-9,11-12,22H,6,10,13-15H2,1-4H3,(H,29,30);3-9,11,20H,10,12-13H2,1-2H3,(H2,27,28,29);2-6,8,10-11,13,16,18H,7,9,12H2,1H3,(H2,25,26,27);3-5,7,9-10,15,19,26H,6,8,11-12H2,1-2H3,(H2,24,25,27)/t22-;20-;16-,18+;15-,19-/m1101/s1. The van der Waals surface area contributed by atoms with Crippen LogP contribution in [0.4, 0.5) is 62.2 Å². The van der Waals surface area contributed by atoms with Gasteiger partial charge in [0.05, 0.1) is 41.4 Å². The summed E-state index contributed by atoms with van der Waals surface area (Å²) in [5.74, 6) is -3.62. The molecule has 10 aromatic rings. The van der Waals surface area contributed by atoms with E-state index in [0.717, 1.165) is 112 Å². The van der Waals surface area contributed by atoms with Crippen molar-refractivity contribution in [2.75, 3.05) is 35.6 Å². The molecule has 3 aliphatic carbocycles. The maximum atomic E-state index is 14.3. The number of aryl methyl sites for hydroxylation is 5. The number of nitrogens with one attached hydrogen (secondary N) is 7. The molecule has 0 saturated heterocycles. The summed E-state index contributed by atoms with van der Waals surface area (Å²) in [5, 5.41) is 33.6. The molecular weight excluding hydrogens is 1540 g/mol. The number of pyridine rings is 2. The number of sulfone groups is 1. The number of carbonyl (C=O) groups is 4. The van der Waals surface area contributed by atoms with E-state index in [1.807, 2.05) is 115 Å². The molecule has 622 valence electrons. The van der Waals surface area contributed by atoms with Gasteiger partial charge in [0.25, 0.3) is 5.92 Å². The first kappa shape index (κ1) is 86.2. The number of fused-ring (bicyclic) bond motifs is 6. The number of benzene rings is 8. The van der Waals surface area contributed by atoms with Crippen LogP contribution in [0, 0.1) is 43.6 Å². The van der Waals surface area contributed by atoms with E-state index in [9.17, 15) is 63.4 Å². The van der Waals surface area contributed by atoms with E-state index >= 15 is 0 Å². The number of aromatic nitrogens is 2. The highest BCUT2D eigenvalue weighted by atomic mass is 32.2. The molecule has 5 aliphatic rings. The number of nitrogens with zero attached hydrogens (tertiary/aromatic N) is 2. The number of aliphatic hydroxyl groups is 1. The molecule has 0 bridgehead atoms. The highest BCUT2D eigenvalue weighted by Gasteiger charge is 2.43. The monoisotopic (exact) mass is 1640 g/mol. The van der Waals surface area contributed by atoms with Crippen LogP contribution in [0.2, 0.25) is 0 Å². The molecule has 0 unspecified atom stereocenters. The normalized spacial score (nSPS) is 19.1. The van der Waals surface area contributed by atoms with Crippen molar-refractivity contribution in [3.63, 3.8) is 0 Å². The number of urea groups is 3. The zero-order valence-corrected chi connectivity index (χ0v) is 68.3. The summed E-state index contributed by atoms with van der Waals surface area (Å²) in [7, 11) is -3.35. The molecule has 0 radical (unpaired) electrons. The fourth-order valence-electron chi connectivity index (χ4n) is 16.3. The zero-order chi connectivity index (χ0) is 84.6. The Kier molecular flexibility index (Phi) is 26.6. The lowest BCUT2D eigenvalue weighted by molar-refractivity contribution is -0.122. The van der Waals surface area contributed by atoms with Gasteiger partial charge in [-0.25, -0.2) is 53.5 Å². The first-order chi connectivity index (χ1) is 56.0. The molecule has 18 nitrogen and oxygen atoms in total. The SMILES string of the molecule is CC1(C)C[C@@H](NC(=O)Nc2cccc3c2C[C@H](O)CC3)c2ccc(F)cc2O1.CC1(C)Cc2cc(C(C)(F)F)ccc2[C@H](NC(=O)CCc2ccc(CS(C)(=O)=O)c(F)c2)C1.Cc1cc2c(NC(=O)N[C@@H]3CC[C@H](c4ccccc4)C3)c(F)ccc2cn1.Cc1ccc2c(c1)OC(CF)(CF)C[C@H]2NC(=O)Nc1cccc2cnc(C)cc12. The molecule has 8 N–H and O–H groups in total. The maximum Gasteiger partial charge on any atom is 0.319 e. The van der Waals surface area contributed by atoms with E-state index in [1.165, 1.54) is 48.0 Å². The quantitative estimate of drug-likeness (QED) is 0.0422. The summed E-state index contributed by atoms with van der Waals surface area (Å²) in [5.41, 5.74) is 9.06. The Morgan fingerprint density at radius 1 is 0.602 bits per heavy atom. The van der Waals surface area contributed by atoms with Crippen molar-refractivity contribution in [3.8, 4) is 11.5 Å². The summed E-state index contributed by atoms with van der Waals surface area (Å²) >= 11 is 0. The van der Waals surface area contributed by atoms with Crippen LogP contribution in [0.25, 0.3) is 21.5 Å². The number of hydrogen-bond acceptors (Lipinski definition) is 11. The van der Waals surface area contributed by atoms with Gasteiger partial charge in [-0.3, -0.25) is 14.8 Å². The third kappa shape index (κ3) is 22.2. The fourth-order valence-corrected chi connectivity index (χ4v) is 17.1. The molecule has 1 saturated carbocycles. The van der Waals surface area contributed by atoms with Gasteiger partial charge in [-0.2, -0.15) is 0 Å². The molecule has 15 rings (SSSR count). The van der Waals surface area contributed by atoms with Gasteiger partial charge >= 0.3 is 18.1 Å². The van der Waals surface area contributed by atoms with Gasteiger partial charge < -0.3 is 51.8 Å². The van der Waals surface area contributed by atoms with Gasteiger partial charge in [-0.15, -0.1) is 0 Å². The van der Waals surface area contributed by atoms with Gasteiger partial charge in [-0.05, 0) is 197 Å². The second kappa shape index (κ2) is 36.4. The number of carbonyl (C=O) groups excluding carboxylic acids is 4. The third-order valence-corrected chi connectivity index (χ3v) is 22.9. The van der Waals surface area contributed by atoms with Gasteiger partial charge in [0.2, 0.25) is 5.91 Å². The van der Waals surface area contributed by atoms with E-state index in [-0.39, 0.29) is 88.8 Å². The summed E-state index contributed by atoms with van der Waals surface area (Å²) in [6.07, 6.45) is 11.4. The van der Waals surface area contributed by atoms with Gasteiger partial charge in [-0.1, -0.05) is 111 Å². The Hall–Kier alpha value is -11.1. The number of halogens is 7. The van der Waals surface area contributed by atoms with Gasteiger partial charge in [0, 0.05) is 124 Å². The van der Waals surface area contributed by atoms with E-state index < -0.39 is 64.0 Å². The van der Waals surface area contributed by atoms with Crippen molar-refractivity contribution in [1.82, 2.24) is 31.2 Å². The number of hydrogen-bond donors (Lipinski definition) is 8. The van der Waals surface area contributed by atoms with Crippen molar-refractivity contribution in [2.24, 2.45) is 5.41 Å². The number of ether oxygens (including phenoxy) is 2. The molecule has 0 spiro atoms. The smallest absolute Gasteiger partial charge is 0.319 e. The Bertz CT molecular complexity index is 5470. The lowest BCUT2D eigenvalue weighted by Gasteiger charge is -2.39. The van der Waals surface area contributed by atoms with Crippen molar-refractivity contribution >= 4 is 72.4 Å². The van der Waals surface area contributed by atoms with Crippen LogP contribution in [-0.4, -0.2) is 90.4 Å². The maximum absolute atomic E-state index is 14.3. The largest absolute Gasteiger partial charge is 0.487 e. The van der Waals surface area contributed by atoms with Crippen molar-refractivity contribution in [3.05, 3.63) is 266 Å². The van der Waals surface area contributed by atoms with E-state index in [1.54, 1.807) is 54.9 Å². The minimum Gasteiger partial charge on any atom is -0.487 e. The summed E-state index contributed by atoms with van der Waals surface area (Å²) in [6.45, 7) is 12.4. The van der Waals surface area contributed by atoms with Crippen LogP contribution < -0.4 is 46.7 Å². The van der Waals surface area contributed by atoms with Crippen molar-refractivity contribution < 1.29 is 72.9 Å². The van der Waals surface area contributed by atoms with Gasteiger partial charge in [0.1, 0.15) is 47.9 Å². The second-order valence-electron chi connectivity index (χ2n) is 33.2. The molecule has 1 fully saturated rings. The number of rotatable bonds is 16. The van der Waals surface area contributed by atoms with Crippen LogP contribution in [0.15, 0.2) is 176 Å². The van der Waals surface area contributed by atoms with Crippen molar-refractivity contribution in [1.29, 1.82) is 0 Å². The number of anilines is 3. The van der Waals surface area contributed by atoms with Crippen molar-refractivity contribution in [2.45, 2.75) is 192 Å². The first-order valence-corrected chi connectivity index (χ1v) is 41.6. The molecule has 7 amide bonds. The Balaban J connectivity index is 0.000000145. The summed E-state index contributed by atoms with van der Waals surface area (Å²) < 4.78 is 131. The molecule has 118 heavy (non-hydrogen) atoms. The average molecular weight is 1640 g/mol. The zero-order valence-electron chi connectivity index (χ0n) is 67.5. The van der Waals surface area contributed by atoms with Crippen LogP contribution in [0.1, 0.15) is 183 Å². The lowest BCUT2D eigenvalue weighted by atomic mass is 9.71. The summed E-state index contributed by atoms with van der Waals surface area (Å²) in [4.78, 5) is 59.2. The molecule has 2 aliphatic heterocycles. The van der Waals surface area contributed by atoms with E-state index in [2.05, 4.69) is 59.3 Å². The summed E-state index contributed by atoms with van der Waals surface area (Å²) in [6, 6.07) is 45.0. The lowest BCUT2D eigenvalue weighted by Crippen LogP contribution is -2.49. The van der Waals surface area contributed by atoms with Crippen LogP contribution in [0.5, 0.6) is 11.5 Å². The number of alkyl halides is 4. The van der Waals surface area contributed by atoms with Crippen LogP contribution >= 0.6 is 0 Å². The topological polar surface area (TPSA) is 251 Å². The molecule has 2 aromatic heterocycles. The molecule has 6 atom stereocenters. The number of aliphatic hydroxyl groups excluding tert-OH is 1. The third-order valence-electron chi connectivity index (χ3n) is 22.1. The molecular formula is C92H100F7N9O9S. The predicted molar refractivity (Wildman–Crippen MR) is 445 cm³/mol. The predicted octanol–water partition coefficient (Wildman–Crippen LogP) is 19.7. The highest BCUT2D eigenvalue weighted by Crippen LogP contribution is 2.46. The first-order valence-electron chi connectivity index (χ1n) is 39.6. The molecule has 4 heterocycles. The minimum absolute atomic E-state index is 0.00203. The average Bonchev–Trinajstić information content (AvgIpc) is 0.885. The van der Waals surface area contributed by atoms with E-state index in [4.69, 9.17) is 9.47 Å². The van der Waals surface area contributed by atoms with Gasteiger partial charge in [0.15, 0.2) is 15.4 Å². The van der Waals surface area contributed by atoms with Crippen LogP contribution in [-0.2, 0) is 52.0 Å². The fraction of sp³-hybridized carbons (Fsp3) is 0.370. The Morgan fingerprint density at radius 3 is 1.93 bits per heavy atom. The Morgan fingerprint density at radius 2 is 1.24 bits per heavy atom.